The predicted molar refractivity (Wildman–Crippen MR) is 83.6 cm³/mol. The van der Waals surface area contributed by atoms with Gasteiger partial charge in [0.1, 0.15) is 0 Å². The molecule has 5 nitrogen and oxygen atoms in total. The Morgan fingerprint density at radius 1 is 1.05 bits per heavy atom. The van der Waals surface area contributed by atoms with Crippen LogP contribution in [-0.4, -0.2) is 20.1 Å². The summed E-state index contributed by atoms with van der Waals surface area (Å²) in [6.07, 6.45) is 0. The van der Waals surface area contributed by atoms with Gasteiger partial charge in [0.2, 0.25) is 5.91 Å². The highest BCUT2D eigenvalue weighted by Gasteiger charge is 2.13. The Labute approximate surface area is 127 Å². The lowest BCUT2D eigenvalue weighted by Gasteiger charge is -2.08. The molecule has 0 fully saturated rings. The van der Waals surface area contributed by atoms with Crippen molar-refractivity contribution >= 4 is 33.4 Å². The zero-order valence-corrected chi connectivity index (χ0v) is 12.7. The van der Waals surface area contributed by atoms with Crippen LogP contribution in [0.25, 0.3) is 0 Å². The van der Waals surface area contributed by atoms with Crippen molar-refractivity contribution in [2.45, 2.75) is 9.79 Å². The van der Waals surface area contributed by atoms with Crippen LogP contribution in [0.15, 0.2) is 64.4 Å². The number of hydrogen-bond acceptors (Lipinski definition) is 4. The average Bonchev–Trinajstić information content (AvgIpc) is 2.46. The Hall–Kier alpha value is -1.99. The lowest BCUT2D eigenvalue weighted by atomic mass is 10.3. The number of para-hydroxylation sites is 1. The molecule has 2 aromatic carbocycles. The van der Waals surface area contributed by atoms with Gasteiger partial charge in [0.25, 0.3) is 10.0 Å². The van der Waals surface area contributed by atoms with Crippen LogP contribution in [0, 0.1) is 0 Å². The Kier molecular flexibility index (Phi) is 4.87. The molecule has 0 spiro atoms. The Morgan fingerprint density at radius 2 is 1.67 bits per heavy atom. The van der Waals surface area contributed by atoms with Crippen molar-refractivity contribution in [1.29, 1.82) is 0 Å². The van der Waals surface area contributed by atoms with Gasteiger partial charge in [-0.3, -0.25) is 9.52 Å². The first kappa shape index (κ1) is 15.4. The molecule has 0 atom stereocenters. The molecule has 3 N–H and O–H groups in total. The molecule has 1 amide bonds. The van der Waals surface area contributed by atoms with E-state index in [-0.39, 0.29) is 10.6 Å². The van der Waals surface area contributed by atoms with Crippen LogP contribution in [0.4, 0.5) is 5.69 Å². The highest BCUT2D eigenvalue weighted by Crippen LogP contribution is 2.21. The fraction of sp³-hybridized carbons (Fsp3) is 0.0714. The molecule has 0 bridgehead atoms. The molecule has 110 valence electrons. The number of sulfonamides is 1. The zero-order valence-electron chi connectivity index (χ0n) is 11.0. The second kappa shape index (κ2) is 6.64. The summed E-state index contributed by atoms with van der Waals surface area (Å²) < 4.78 is 26.9. The van der Waals surface area contributed by atoms with Gasteiger partial charge in [0.05, 0.1) is 10.6 Å². The number of thioether (sulfide) groups is 1. The summed E-state index contributed by atoms with van der Waals surface area (Å²) >= 11 is 1.26. The number of benzene rings is 2. The van der Waals surface area contributed by atoms with Crippen molar-refractivity contribution in [2.75, 3.05) is 10.5 Å². The summed E-state index contributed by atoms with van der Waals surface area (Å²) in [6, 6.07) is 14.9. The summed E-state index contributed by atoms with van der Waals surface area (Å²) in [5.74, 6) is -0.253. The monoisotopic (exact) mass is 322 g/mol. The number of hydrogen-bond donors (Lipinski definition) is 2. The Balaban J connectivity index is 2.12. The maximum atomic E-state index is 12.2. The fourth-order valence-electron chi connectivity index (χ4n) is 1.59. The van der Waals surface area contributed by atoms with Crippen LogP contribution >= 0.6 is 11.8 Å². The van der Waals surface area contributed by atoms with Gasteiger partial charge in [-0.2, -0.15) is 0 Å². The van der Waals surface area contributed by atoms with Crippen LogP contribution in [0.3, 0.4) is 0 Å². The number of nitrogens with two attached hydrogens (primary N) is 1. The topological polar surface area (TPSA) is 89.3 Å². The van der Waals surface area contributed by atoms with Gasteiger partial charge in [-0.25, -0.2) is 8.42 Å². The van der Waals surface area contributed by atoms with Gasteiger partial charge in [0.15, 0.2) is 0 Å². The summed E-state index contributed by atoms with van der Waals surface area (Å²) in [7, 11) is -3.61. The summed E-state index contributed by atoms with van der Waals surface area (Å²) in [4.78, 5) is 11.6. The van der Waals surface area contributed by atoms with Crippen LogP contribution in [0.5, 0.6) is 0 Å². The first-order valence-corrected chi connectivity index (χ1v) is 8.53. The summed E-state index contributed by atoms with van der Waals surface area (Å²) in [5, 5.41) is 0. The minimum Gasteiger partial charge on any atom is -0.369 e. The molecule has 0 aliphatic heterocycles. The van der Waals surface area contributed by atoms with Crippen molar-refractivity contribution in [3.63, 3.8) is 0 Å². The molecule has 0 aliphatic rings. The second-order valence-corrected chi connectivity index (χ2v) is 6.93. The number of nitrogens with one attached hydrogen (secondary N) is 1. The van der Waals surface area contributed by atoms with Crippen molar-refractivity contribution < 1.29 is 13.2 Å². The van der Waals surface area contributed by atoms with Gasteiger partial charge in [0, 0.05) is 10.6 Å². The minimum atomic E-state index is -3.61. The predicted octanol–water partition coefficient (Wildman–Crippen LogP) is 2.06. The number of carbonyl (C=O) groups is 1. The molecular weight excluding hydrogens is 308 g/mol. The normalized spacial score (nSPS) is 11.0. The fourth-order valence-corrected chi connectivity index (χ4v) is 3.29. The van der Waals surface area contributed by atoms with Crippen LogP contribution < -0.4 is 10.5 Å². The van der Waals surface area contributed by atoms with Crippen molar-refractivity contribution in [3.8, 4) is 0 Å². The van der Waals surface area contributed by atoms with Gasteiger partial charge in [-0.15, -0.1) is 11.8 Å². The molecular formula is C14H14N2O3S2. The van der Waals surface area contributed by atoms with E-state index in [0.717, 1.165) is 4.90 Å². The van der Waals surface area contributed by atoms with Crippen molar-refractivity contribution in [2.24, 2.45) is 5.73 Å². The highest BCUT2D eigenvalue weighted by atomic mass is 32.2. The maximum Gasteiger partial charge on any atom is 0.261 e. The molecule has 2 aromatic rings. The van der Waals surface area contributed by atoms with Crippen LogP contribution in [-0.2, 0) is 14.8 Å². The lowest BCUT2D eigenvalue weighted by molar-refractivity contribution is -0.115. The van der Waals surface area contributed by atoms with Crippen molar-refractivity contribution in [3.05, 3.63) is 54.6 Å². The first-order valence-electron chi connectivity index (χ1n) is 6.06. The SMILES string of the molecule is NC(=O)CSc1ccc(S(=O)(=O)Nc2ccccc2)cc1. The third kappa shape index (κ3) is 4.51. The maximum absolute atomic E-state index is 12.2. The smallest absolute Gasteiger partial charge is 0.261 e. The third-order valence-electron chi connectivity index (χ3n) is 2.54. The Bertz CT molecular complexity index is 714. The molecule has 0 aliphatic carbocycles. The molecule has 0 radical (unpaired) electrons. The van der Waals surface area contributed by atoms with Crippen molar-refractivity contribution in [1.82, 2.24) is 0 Å². The Morgan fingerprint density at radius 3 is 2.24 bits per heavy atom. The van der Waals surface area contributed by atoms with E-state index in [4.69, 9.17) is 5.73 Å². The largest absolute Gasteiger partial charge is 0.369 e. The third-order valence-corrected chi connectivity index (χ3v) is 4.97. The van der Waals surface area contributed by atoms with Crippen LogP contribution in [0.2, 0.25) is 0 Å². The molecule has 2 rings (SSSR count). The summed E-state index contributed by atoms with van der Waals surface area (Å²) in [5.41, 5.74) is 5.56. The molecule has 0 unspecified atom stereocenters. The van der Waals surface area contributed by atoms with E-state index in [9.17, 15) is 13.2 Å². The van der Waals surface area contributed by atoms with Gasteiger partial charge >= 0.3 is 0 Å². The number of primary amides is 1. The van der Waals surface area contributed by atoms with E-state index in [0.29, 0.717) is 5.69 Å². The number of amides is 1. The molecule has 0 aromatic heterocycles. The molecule has 21 heavy (non-hydrogen) atoms. The van der Waals surface area contributed by atoms with Gasteiger partial charge in [-0.1, -0.05) is 18.2 Å². The molecule has 7 heteroatoms. The van der Waals surface area contributed by atoms with E-state index in [2.05, 4.69) is 4.72 Å². The quantitative estimate of drug-likeness (QED) is 0.797. The first-order chi connectivity index (χ1) is 9.97. The summed E-state index contributed by atoms with van der Waals surface area (Å²) in [6.45, 7) is 0. The van der Waals surface area contributed by atoms with E-state index < -0.39 is 15.9 Å². The van der Waals surface area contributed by atoms with E-state index >= 15 is 0 Å². The molecule has 0 heterocycles. The van der Waals surface area contributed by atoms with E-state index in [1.165, 1.54) is 23.9 Å². The number of carbonyl (C=O) groups excluding carboxylic acids is 1. The van der Waals surface area contributed by atoms with E-state index in [1.54, 1.807) is 36.4 Å². The van der Waals surface area contributed by atoms with Crippen LogP contribution in [0.1, 0.15) is 0 Å². The number of rotatable bonds is 6. The highest BCUT2D eigenvalue weighted by molar-refractivity contribution is 8.00. The zero-order chi connectivity index (χ0) is 15.3. The molecule has 0 saturated carbocycles. The van der Waals surface area contributed by atoms with Gasteiger partial charge in [-0.05, 0) is 36.4 Å². The second-order valence-electron chi connectivity index (χ2n) is 4.20. The lowest BCUT2D eigenvalue weighted by Crippen LogP contribution is -2.13. The molecule has 0 saturated heterocycles. The number of anilines is 1. The minimum absolute atomic E-state index is 0.161. The van der Waals surface area contributed by atoms with E-state index in [1.807, 2.05) is 6.07 Å². The average molecular weight is 322 g/mol. The van der Waals surface area contributed by atoms with Gasteiger partial charge < -0.3 is 5.73 Å². The standard InChI is InChI=1S/C14H14N2O3S2/c15-14(17)10-20-12-6-8-13(9-7-12)21(18,19)16-11-4-2-1-3-5-11/h1-9,16H,10H2,(H2,15,17).